The Balaban J connectivity index is 0.00000645. The molecular formula is C30H37ClN2O10. The minimum absolute atomic E-state index is 0. The minimum atomic E-state index is -0.906. The van der Waals surface area contributed by atoms with Crippen molar-refractivity contribution >= 4 is 36.4 Å². The van der Waals surface area contributed by atoms with E-state index in [1.807, 2.05) is 11.8 Å². The maximum Gasteiger partial charge on any atom is 0.343 e. The van der Waals surface area contributed by atoms with Gasteiger partial charge in [-0.15, -0.1) is 22.5 Å². The van der Waals surface area contributed by atoms with Crippen molar-refractivity contribution in [3.63, 3.8) is 0 Å². The predicted octanol–water partition coefficient (Wildman–Crippen LogP) is 4.59. The number of esters is 3. The Morgan fingerprint density at radius 1 is 1.05 bits per heavy atom. The molecule has 1 fully saturated rings. The maximum absolute atomic E-state index is 13.2. The highest BCUT2D eigenvalue weighted by molar-refractivity contribution is 5.93. The average Bonchev–Trinajstić information content (AvgIpc) is 2.99. The van der Waals surface area contributed by atoms with Gasteiger partial charge in [-0.05, 0) is 42.7 Å². The molecule has 1 unspecified atom stereocenters. The Hall–Kier alpha value is -4.00. The summed E-state index contributed by atoms with van der Waals surface area (Å²) in [6.07, 6.45) is 4.66. The molecule has 0 N–H and O–H groups in total. The van der Waals surface area contributed by atoms with Crippen molar-refractivity contribution < 1.29 is 43.3 Å². The van der Waals surface area contributed by atoms with Gasteiger partial charge in [-0.1, -0.05) is 43.7 Å². The number of morpholine rings is 1. The minimum Gasteiger partial charge on any atom is -0.462 e. The molecule has 0 aliphatic carbocycles. The van der Waals surface area contributed by atoms with E-state index in [1.165, 1.54) is 12.2 Å². The van der Waals surface area contributed by atoms with Crippen LogP contribution >= 0.6 is 12.4 Å². The van der Waals surface area contributed by atoms with Crippen LogP contribution in [0, 0.1) is 10.1 Å². The highest BCUT2D eigenvalue weighted by Crippen LogP contribution is 2.28. The summed E-state index contributed by atoms with van der Waals surface area (Å²) in [5, 5.41) is 9.19. The molecule has 0 bridgehead atoms. The van der Waals surface area contributed by atoms with Crippen molar-refractivity contribution in [3.8, 4) is 5.75 Å². The monoisotopic (exact) mass is 620 g/mol. The van der Waals surface area contributed by atoms with Gasteiger partial charge >= 0.3 is 17.9 Å². The number of halogens is 1. The summed E-state index contributed by atoms with van der Waals surface area (Å²) in [5.41, 5.74) is 1.57. The fourth-order valence-corrected chi connectivity index (χ4v) is 4.16. The first-order valence-corrected chi connectivity index (χ1v) is 13.9. The standard InChI is InChI=1S/C30H36N2O10.ClH/c1-2-3-9-27(42-29(34)22-31-16-20-38-21-17-31)25-7-4-5-8-26(25)30(35)41-24-13-10-23(11-14-24)12-15-28(33)39-18-6-19-40-32(36)37;/h4-5,7-8,10-15,27H,2-3,6,9,16-22H2,1H3;1H/b15-12+;. The molecule has 1 aliphatic rings. The molecule has 1 atom stereocenters. The van der Waals surface area contributed by atoms with E-state index < -0.39 is 23.1 Å². The second kappa shape index (κ2) is 19.2. The topological polar surface area (TPSA) is 144 Å². The fourth-order valence-electron chi connectivity index (χ4n) is 4.16. The molecule has 0 amide bonds. The Morgan fingerprint density at radius 2 is 1.77 bits per heavy atom. The van der Waals surface area contributed by atoms with E-state index in [0.717, 1.165) is 12.8 Å². The van der Waals surface area contributed by atoms with Gasteiger partial charge in [-0.25, -0.2) is 9.59 Å². The summed E-state index contributed by atoms with van der Waals surface area (Å²) in [6.45, 7) is 4.53. The molecule has 1 saturated heterocycles. The molecule has 1 aliphatic heterocycles. The zero-order valence-electron chi connectivity index (χ0n) is 24.0. The molecule has 2 aromatic carbocycles. The van der Waals surface area contributed by atoms with Crippen LogP contribution in [0.15, 0.2) is 54.6 Å². The van der Waals surface area contributed by atoms with Crippen LogP contribution in [-0.4, -0.2) is 74.0 Å². The third-order valence-electron chi connectivity index (χ3n) is 6.31. The van der Waals surface area contributed by atoms with Gasteiger partial charge in [-0.2, -0.15) is 0 Å². The van der Waals surface area contributed by atoms with Gasteiger partial charge < -0.3 is 23.8 Å². The van der Waals surface area contributed by atoms with E-state index in [2.05, 4.69) is 4.84 Å². The van der Waals surface area contributed by atoms with Gasteiger partial charge in [0.1, 0.15) is 11.9 Å². The predicted molar refractivity (Wildman–Crippen MR) is 158 cm³/mol. The van der Waals surface area contributed by atoms with Gasteiger partial charge in [-0.3, -0.25) is 9.69 Å². The number of nitrogens with zero attached hydrogens (tertiary/aromatic N) is 2. The van der Waals surface area contributed by atoms with Crippen LogP contribution in [0.5, 0.6) is 5.75 Å². The number of carbonyl (C=O) groups is 3. The number of benzene rings is 2. The number of unbranched alkanes of at least 4 members (excludes halogenated alkanes) is 1. The molecule has 43 heavy (non-hydrogen) atoms. The highest BCUT2D eigenvalue weighted by Gasteiger charge is 2.25. The Morgan fingerprint density at radius 3 is 2.47 bits per heavy atom. The molecule has 0 aromatic heterocycles. The quantitative estimate of drug-likeness (QED) is 0.0649. The fraction of sp³-hybridized carbons (Fsp3) is 0.433. The number of rotatable bonds is 16. The lowest BCUT2D eigenvalue weighted by molar-refractivity contribution is -0.757. The number of hydrogen-bond donors (Lipinski definition) is 0. The Kier molecular flexibility index (Phi) is 15.7. The lowest BCUT2D eigenvalue weighted by Crippen LogP contribution is -2.40. The van der Waals surface area contributed by atoms with E-state index >= 15 is 0 Å². The summed E-state index contributed by atoms with van der Waals surface area (Å²) in [4.78, 5) is 54.0. The summed E-state index contributed by atoms with van der Waals surface area (Å²) in [5.74, 6) is -1.23. The van der Waals surface area contributed by atoms with E-state index in [9.17, 15) is 24.5 Å². The number of ether oxygens (including phenoxy) is 4. The van der Waals surface area contributed by atoms with Crippen LogP contribution in [0.25, 0.3) is 6.08 Å². The second-order valence-corrected chi connectivity index (χ2v) is 9.47. The Bertz CT molecular complexity index is 1220. The zero-order chi connectivity index (χ0) is 30.2. The van der Waals surface area contributed by atoms with Gasteiger partial charge in [0.2, 0.25) is 0 Å². The lowest BCUT2D eigenvalue weighted by atomic mass is 9.98. The van der Waals surface area contributed by atoms with E-state index in [-0.39, 0.29) is 44.6 Å². The van der Waals surface area contributed by atoms with Crippen molar-refractivity contribution in [1.29, 1.82) is 0 Å². The lowest BCUT2D eigenvalue weighted by Gasteiger charge is -2.27. The smallest absolute Gasteiger partial charge is 0.343 e. The third kappa shape index (κ3) is 12.8. The van der Waals surface area contributed by atoms with Crippen LogP contribution < -0.4 is 4.74 Å². The van der Waals surface area contributed by atoms with Gasteiger partial charge in [0.15, 0.2) is 0 Å². The van der Waals surface area contributed by atoms with Crippen molar-refractivity contribution in [1.82, 2.24) is 4.90 Å². The second-order valence-electron chi connectivity index (χ2n) is 9.47. The normalized spacial score (nSPS) is 13.9. The van der Waals surface area contributed by atoms with Crippen molar-refractivity contribution in [2.45, 2.75) is 38.7 Å². The first-order valence-electron chi connectivity index (χ1n) is 13.9. The SMILES string of the molecule is CCCCC(OC(=O)CN1CCOCC1)c1ccccc1C(=O)Oc1ccc(/C=C/C(=O)OCCCO[N+](=O)[O-])cc1.Cl. The van der Waals surface area contributed by atoms with Crippen LogP contribution in [-0.2, 0) is 28.6 Å². The summed E-state index contributed by atoms with van der Waals surface area (Å²) < 4.78 is 21.8. The molecule has 12 nitrogen and oxygen atoms in total. The van der Waals surface area contributed by atoms with Crippen molar-refractivity contribution in [2.75, 3.05) is 46.1 Å². The van der Waals surface area contributed by atoms with Crippen LogP contribution in [0.1, 0.15) is 60.2 Å². The van der Waals surface area contributed by atoms with Crippen LogP contribution in [0.3, 0.4) is 0 Å². The average molecular weight is 621 g/mol. The van der Waals surface area contributed by atoms with Gasteiger partial charge in [0.05, 0.1) is 38.5 Å². The van der Waals surface area contributed by atoms with Crippen LogP contribution in [0.2, 0.25) is 0 Å². The van der Waals surface area contributed by atoms with E-state index in [1.54, 1.807) is 48.5 Å². The van der Waals surface area contributed by atoms with Crippen molar-refractivity contribution in [3.05, 3.63) is 81.4 Å². The molecule has 234 valence electrons. The maximum atomic E-state index is 13.2. The van der Waals surface area contributed by atoms with E-state index in [4.69, 9.17) is 18.9 Å². The van der Waals surface area contributed by atoms with Gasteiger partial charge in [0, 0.05) is 31.1 Å². The molecule has 0 radical (unpaired) electrons. The van der Waals surface area contributed by atoms with E-state index in [0.29, 0.717) is 55.2 Å². The number of carbonyl (C=O) groups excluding carboxylic acids is 3. The first kappa shape index (κ1) is 35.2. The van der Waals surface area contributed by atoms with Crippen LogP contribution in [0.4, 0.5) is 0 Å². The molecule has 0 spiro atoms. The largest absolute Gasteiger partial charge is 0.462 e. The molecule has 2 aromatic rings. The highest BCUT2D eigenvalue weighted by atomic mass is 35.5. The molecule has 1 heterocycles. The summed E-state index contributed by atoms with van der Waals surface area (Å²) in [6, 6.07) is 13.5. The molecular weight excluding hydrogens is 584 g/mol. The number of hydrogen-bond acceptors (Lipinski definition) is 11. The third-order valence-corrected chi connectivity index (χ3v) is 6.31. The summed E-state index contributed by atoms with van der Waals surface area (Å²) >= 11 is 0. The van der Waals surface area contributed by atoms with Gasteiger partial charge in [0.25, 0.3) is 5.09 Å². The first-order chi connectivity index (χ1) is 20.4. The molecule has 0 saturated carbocycles. The summed E-state index contributed by atoms with van der Waals surface area (Å²) in [7, 11) is 0. The molecule has 13 heteroatoms. The molecule has 3 rings (SSSR count). The zero-order valence-corrected chi connectivity index (χ0v) is 24.8. The van der Waals surface area contributed by atoms with Crippen molar-refractivity contribution in [2.24, 2.45) is 0 Å². The Labute approximate surface area is 256 Å².